The summed E-state index contributed by atoms with van der Waals surface area (Å²) in [6, 6.07) is 16.0. The summed E-state index contributed by atoms with van der Waals surface area (Å²) in [5.74, 6) is 0.831. The lowest BCUT2D eigenvalue weighted by molar-refractivity contribution is 0.415. The van der Waals surface area contributed by atoms with E-state index in [2.05, 4.69) is 33.2 Å². The van der Waals surface area contributed by atoms with E-state index in [4.69, 9.17) is 4.74 Å². The van der Waals surface area contributed by atoms with E-state index in [1.807, 2.05) is 36.5 Å². The highest BCUT2D eigenvalue weighted by atomic mass is 16.5. The van der Waals surface area contributed by atoms with Crippen molar-refractivity contribution in [3.63, 3.8) is 0 Å². The highest BCUT2D eigenvalue weighted by molar-refractivity contribution is 5.79. The number of aromatic amines is 1. The van der Waals surface area contributed by atoms with Crippen LogP contribution in [0.2, 0.25) is 0 Å². The van der Waals surface area contributed by atoms with Gasteiger partial charge in [-0.2, -0.15) is 0 Å². The highest BCUT2D eigenvalue weighted by Gasteiger charge is 1.95. The lowest BCUT2D eigenvalue weighted by atomic mass is 10.2. The van der Waals surface area contributed by atoms with Gasteiger partial charge in [0, 0.05) is 23.3 Å². The van der Waals surface area contributed by atoms with Crippen LogP contribution in [0.1, 0.15) is 0 Å². The van der Waals surface area contributed by atoms with Gasteiger partial charge in [0.2, 0.25) is 0 Å². The minimum Gasteiger partial charge on any atom is -0.497 e. The zero-order chi connectivity index (χ0) is 14.5. The summed E-state index contributed by atoms with van der Waals surface area (Å²) < 4.78 is 5.07. The van der Waals surface area contributed by atoms with E-state index in [0.29, 0.717) is 0 Å². The maximum absolute atomic E-state index is 5.07. The molecule has 0 aliphatic rings. The summed E-state index contributed by atoms with van der Waals surface area (Å²) in [6.45, 7) is 0. The van der Waals surface area contributed by atoms with Gasteiger partial charge in [-0.25, -0.2) is 9.97 Å². The van der Waals surface area contributed by atoms with Crippen molar-refractivity contribution in [2.75, 3.05) is 7.11 Å². The van der Waals surface area contributed by atoms with Crippen molar-refractivity contribution in [3.05, 3.63) is 67.3 Å². The molecule has 0 bridgehead atoms. The van der Waals surface area contributed by atoms with Crippen molar-refractivity contribution < 1.29 is 4.74 Å². The molecule has 0 aliphatic heterocycles. The Kier molecular flexibility index (Phi) is 3.78. The monoisotopic (exact) mass is 277 g/mol. The Morgan fingerprint density at radius 2 is 1.90 bits per heavy atom. The van der Waals surface area contributed by atoms with Crippen LogP contribution in [0.15, 0.2) is 67.3 Å². The number of ether oxygens (including phenoxy) is 1. The molecule has 2 aromatic heterocycles. The molecule has 0 radical (unpaired) electrons. The number of nitrogens with zero attached hydrogens (tertiary/aromatic N) is 2. The van der Waals surface area contributed by atoms with Gasteiger partial charge in [-0.3, -0.25) is 0 Å². The zero-order valence-electron chi connectivity index (χ0n) is 11.7. The van der Waals surface area contributed by atoms with Crippen molar-refractivity contribution in [2.24, 2.45) is 0 Å². The molecule has 2 heterocycles. The first-order chi connectivity index (χ1) is 10.4. The van der Waals surface area contributed by atoms with Crippen molar-refractivity contribution in [2.45, 2.75) is 0 Å². The minimum atomic E-state index is 0.831. The van der Waals surface area contributed by atoms with Gasteiger partial charge in [0.05, 0.1) is 12.6 Å². The minimum absolute atomic E-state index is 0.831. The van der Waals surface area contributed by atoms with Crippen LogP contribution in [0, 0.1) is 0 Å². The van der Waals surface area contributed by atoms with E-state index >= 15 is 0 Å². The normalized spacial score (nSPS) is 10.1. The number of methoxy groups -OCH3 is 1. The zero-order valence-corrected chi connectivity index (χ0v) is 11.7. The summed E-state index contributed by atoms with van der Waals surface area (Å²) in [6.07, 6.45) is 5.25. The second kappa shape index (κ2) is 6.05. The van der Waals surface area contributed by atoms with Crippen LogP contribution in [-0.2, 0) is 0 Å². The fourth-order valence-electron chi connectivity index (χ4n) is 2.08. The molecule has 21 heavy (non-hydrogen) atoms. The molecule has 4 aromatic rings. The fourth-order valence-corrected chi connectivity index (χ4v) is 2.08. The van der Waals surface area contributed by atoms with Crippen LogP contribution < -0.4 is 4.74 Å². The van der Waals surface area contributed by atoms with E-state index in [1.54, 1.807) is 13.3 Å². The highest BCUT2D eigenvalue weighted by Crippen LogP contribution is 2.17. The molecular weight excluding hydrogens is 262 g/mol. The van der Waals surface area contributed by atoms with Gasteiger partial charge < -0.3 is 9.72 Å². The van der Waals surface area contributed by atoms with Gasteiger partial charge in [-0.05, 0) is 35.7 Å². The maximum Gasteiger partial charge on any atom is 0.119 e. The number of hydrogen-bond acceptors (Lipinski definition) is 3. The standard InChI is InChI=1S/C9H8N2O.C8H7N/c1-12-8-2-3-9-7(4-8)5-10-6-11-9;1-2-4-8-7(3-1)5-6-9-8/h2-6H,1H3;1-6,9H. The van der Waals surface area contributed by atoms with Crippen molar-refractivity contribution in [3.8, 4) is 5.75 Å². The van der Waals surface area contributed by atoms with Crippen LogP contribution in [0.4, 0.5) is 0 Å². The molecule has 104 valence electrons. The molecular formula is C17H15N3O. The second-order valence-corrected chi connectivity index (χ2v) is 4.51. The molecule has 2 aromatic carbocycles. The Hall–Kier alpha value is -2.88. The van der Waals surface area contributed by atoms with Gasteiger partial charge in [0.25, 0.3) is 0 Å². The van der Waals surface area contributed by atoms with Gasteiger partial charge in [0.15, 0.2) is 0 Å². The Morgan fingerprint density at radius 3 is 2.76 bits per heavy atom. The maximum atomic E-state index is 5.07. The molecule has 0 fully saturated rings. The predicted molar refractivity (Wildman–Crippen MR) is 84.4 cm³/mol. The first-order valence-corrected chi connectivity index (χ1v) is 6.63. The topological polar surface area (TPSA) is 50.8 Å². The molecule has 0 saturated carbocycles. The molecule has 0 spiro atoms. The number of aromatic nitrogens is 3. The Balaban J connectivity index is 0.000000131. The van der Waals surface area contributed by atoms with Crippen LogP contribution in [0.25, 0.3) is 21.8 Å². The molecule has 0 amide bonds. The van der Waals surface area contributed by atoms with E-state index in [9.17, 15) is 0 Å². The van der Waals surface area contributed by atoms with Crippen LogP contribution in [-0.4, -0.2) is 22.1 Å². The summed E-state index contributed by atoms with van der Waals surface area (Å²) in [5.41, 5.74) is 2.14. The smallest absolute Gasteiger partial charge is 0.119 e. The number of H-pyrrole nitrogens is 1. The summed E-state index contributed by atoms with van der Waals surface area (Å²) in [4.78, 5) is 11.1. The predicted octanol–water partition coefficient (Wildman–Crippen LogP) is 3.81. The van der Waals surface area contributed by atoms with Crippen LogP contribution in [0.3, 0.4) is 0 Å². The molecule has 0 unspecified atom stereocenters. The molecule has 4 heteroatoms. The largest absolute Gasteiger partial charge is 0.497 e. The average molecular weight is 277 g/mol. The summed E-state index contributed by atoms with van der Waals surface area (Å²) >= 11 is 0. The fraction of sp³-hybridized carbons (Fsp3) is 0.0588. The number of rotatable bonds is 1. The third-order valence-electron chi connectivity index (χ3n) is 3.17. The van der Waals surface area contributed by atoms with Gasteiger partial charge in [0.1, 0.15) is 12.1 Å². The Bertz CT molecular complexity index is 824. The van der Waals surface area contributed by atoms with E-state index in [1.165, 1.54) is 17.2 Å². The first-order valence-electron chi connectivity index (χ1n) is 6.63. The van der Waals surface area contributed by atoms with E-state index in [-0.39, 0.29) is 0 Å². The van der Waals surface area contributed by atoms with E-state index < -0.39 is 0 Å². The second-order valence-electron chi connectivity index (χ2n) is 4.51. The Morgan fingerprint density at radius 1 is 1.00 bits per heavy atom. The molecule has 0 saturated heterocycles. The van der Waals surface area contributed by atoms with Gasteiger partial charge in [-0.15, -0.1) is 0 Å². The summed E-state index contributed by atoms with van der Waals surface area (Å²) in [7, 11) is 1.64. The third kappa shape index (κ3) is 3.00. The van der Waals surface area contributed by atoms with Crippen molar-refractivity contribution >= 4 is 21.8 Å². The quantitative estimate of drug-likeness (QED) is 0.575. The van der Waals surface area contributed by atoms with Crippen molar-refractivity contribution in [1.82, 2.24) is 15.0 Å². The van der Waals surface area contributed by atoms with Crippen LogP contribution in [0.5, 0.6) is 5.75 Å². The van der Waals surface area contributed by atoms with Gasteiger partial charge in [-0.1, -0.05) is 18.2 Å². The van der Waals surface area contributed by atoms with Gasteiger partial charge >= 0.3 is 0 Å². The molecule has 0 aliphatic carbocycles. The number of nitrogens with one attached hydrogen (secondary N) is 1. The molecule has 4 nitrogen and oxygen atoms in total. The van der Waals surface area contributed by atoms with Crippen molar-refractivity contribution in [1.29, 1.82) is 0 Å². The number of fused-ring (bicyclic) bond motifs is 2. The van der Waals surface area contributed by atoms with Crippen LogP contribution >= 0.6 is 0 Å². The SMILES string of the molecule is COc1ccc2ncncc2c1.c1ccc2[nH]ccc2c1. The molecule has 4 rings (SSSR count). The lowest BCUT2D eigenvalue weighted by Gasteiger charge is -1.99. The average Bonchev–Trinajstić information content (AvgIpc) is 3.03. The Labute approximate surface area is 122 Å². The summed E-state index contributed by atoms with van der Waals surface area (Å²) in [5, 5.41) is 2.27. The lowest BCUT2D eigenvalue weighted by Crippen LogP contribution is -1.84. The first kappa shape index (κ1) is 13.1. The number of hydrogen-bond donors (Lipinski definition) is 1. The number of para-hydroxylation sites is 1. The molecule has 0 atom stereocenters. The number of benzene rings is 2. The third-order valence-corrected chi connectivity index (χ3v) is 3.17. The van der Waals surface area contributed by atoms with E-state index in [0.717, 1.165) is 16.7 Å². The molecule has 1 N–H and O–H groups in total.